The highest BCUT2D eigenvalue weighted by Gasteiger charge is 2.03. The van der Waals surface area contributed by atoms with Crippen LogP contribution < -0.4 is 10.6 Å². The van der Waals surface area contributed by atoms with Gasteiger partial charge in [-0.2, -0.15) is 0 Å². The molecule has 0 radical (unpaired) electrons. The molecule has 23 heavy (non-hydrogen) atoms. The van der Waals surface area contributed by atoms with Gasteiger partial charge in [-0.15, -0.1) is 24.0 Å². The monoisotopic (exact) mass is 494 g/mol. The molecule has 2 N–H and O–H groups in total. The zero-order valence-electron chi connectivity index (χ0n) is 12.9. The summed E-state index contributed by atoms with van der Waals surface area (Å²) < 4.78 is 16.6. The Labute approximate surface area is 161 Å². The Hall–Kier alpha value is -1.09. The molecule has 0 unspecified atom stereocenters. The molecule has 2 rings (SSSR count). The van der Waals surface area contributed by atoms with E-state index in [1.165, 1.54) is 6.07 Å². The second-order valence-electron chi connectivity index (χ2n) is 4.83. The molecule has 1 aromatic heterocycles. The van der Waals surface area contributed by atoms with Crippen molar-refractivity contribution < 1.29 is 4.39 Å². The second kappa shape index (κ2) is 10.6. The van der Waals surface area contributed by atoms with Gasteiger partial charge in [0.15, 0.2) is 5.96 Å². The predicted octanol–water partition coefficient (Wildman–Crippen LogP) is 3.42. The fourth-order valence-electron chi connectivity index (χ4n) is 2.09. The average Bonchev–Trinajstić information content (AvgIpc) is 3.02. The summed E-state index contributed by atoms with van der Waals surface area (Å²) in [6.45, 7) is 2.27. The average molecular weight is 495 g/mol. The molecular weight excluding hydrogens is 474 g/mol. The molecule has 0 amide bonds. The summed E-state index contributed by atoms with van der Waals surface area (Å²) in [6.07, 6.45) is 4.64. The van der Waals surface area contributed by atoms with E-state index in [4.69, 9.17) is 0 Å². The fraction of sp³-hybridized carbons (Fsp3) is 0.312. The van der Waals surface area contributed by atoms with Crippen molar-refractivity contribution >= 4 is 45.9 Å². The largest absolute Gasteiger partial charge is 0.356 e. The number of rotatable bonds is 6. The van der Waals surface area contributed by atoms with Crippen molar-refractivity contribution in [3.8, 4) is 0 Å². The lowest BCUT2D eigenvalue weighted by atomic mass is 10.1. The van der Waals surface area contributed by atoms with Crippen LogP contribution in [-0.2, 0) is 13.0 Å². The third-order valence-corrected chi connectivity index (χ3v) is 3.74. The Bertz CT molecular complexity index is 617. The van der Waals surface area contributed by atoms with Crippen molar-refractivity contribution in [3.63, 3.8) is 0 Å². The van der Waals surface area contributed by atoms with E-state index < -0.39 is 0 Å². The summed E-state index contributed by atoms with van der Waals surface area (Å²) in [5, 5.41) is 6.43. The maximum atomic E-state index is 13.6. The van der Waals surface area contributed by atoms with Crippen LogP contribution in [0.4, 0.5) is 4.39 Å². The Balaban J connectivity index is 0.00000264. The summed E-state index contributed by atoms with van der Waals surface area (Å²) in [5.41, 5.74) is 0.685. The molecular formula is C16H21BrFIN4. The van der Waals surface area contributed by atoms with Gasteiger partial charge in [0, 0.05) is 43.5 Å². The van der Waals surface area contributed by atoms with E-state index in [1.54, 1.807) is 19.2 Å². The zero-order chi connectivity index (χ0) is 15.8. The molecule has 0 fully saturated rings. The molecule has 0 bridgehead atoms. The number of benzene rings is 1. The second-order valence-corrected chi connectivity index (χ2v) is 5.75. The number of hydrogen-bond acceptors (Lipinski definition) is 1. The molecule has 0 aliphatic rings. The quantitative estimate of drug-likeness (QED) is 0.367. The Morgan fingerprint density at radius 2 is 1.91 bits per heavy atom. The highest BCUT2D eigenvalue weighted by molar-refractivity contribution is 14.0. The number of nitrogens with zero attached hydrogens (tertiary/aromatic N) is 2. The molecule has 1 aromatic carbocycles. The molecule has 0 saturated heterocycles. The number of nitrogens with one attached hydrogen (secondary N) is 2. The molecule has 126 valence electrons. The van der Waals surface area contributed by atoms with Gasteiger partial charge in [0.05, 0.1) is 0 Å². The Kier molecular flexibility index (Phi) is 9.23. The van der Waals surface area contributed by atoms with Gasteiger partial charge in [0.1, 0.15) is 5.82 Å². The van der Waals surface area contributed by atoms with Gasteiger partial charge in [-0.3, -0.25) is 4.99 Å². The first-order valence-corrected chi connectivity index (χ1v) is 7.97. The zero-order valence-corrected chi connectivity index (χ0v) is 16.8. The first-order chi connectivity index (χ1) is 10.7. The number of hydrogen-bond donors (Lipinski definition) is 2. The molecule has 0 spiro atoms. The van der Waals surface area contributed by atoms with Gasteiger partial charge in [-0.05, 0) is 42.3 Å². The maximum Gasteiger partial charge on any atom is 0.191 e. The van der Waals surface area contributed by atoms with E-state index >= 15 is 0 Å². The molecule has 0 aliphatic heterocycles. The SMILES string of the molecule is CN=C(NCCc1cc(Br)ccc1F)NCCn1cccc1.I. The summed E-state index contributed by atoms with van der Waals surface area (Å²) in [4.78, 5) is 4.16. The lowest BCUT2D eigenvalue weighted by Crippen LogP contribution is -2.39. The van der Waals surface area contributed by atoms with E-state index in [1.807, 2.05) is 24.5 Å². The minimum Gasteiger partial charge on any atom is -0.356 e. The summed E-state index contributed by atoms with van der Waals surface area (Å²) in [7, 11) is 1.73. The first kappa shape index (κ1) is 20.0. The van der Waals surface area contributed by atoms with Crippen LogP contribution >= 0.6 is 39.9 Å². The highest BCUT2D eigenvalue weighted by atomic mass is 127. The molecule has 2 aromatic rings. The van der Waals surface area contributed by atoms with E-state index in [2.05, 4.69) is 36.1 Å². The van der Waals surface area contributed by atoms with Crippen LogP contribution in [0.25, 0.3) is 0 Å². The summed E-state index contributed by atoms with van der Waals surface area (Å²) in [6, 6.07) is 8.98. The number of halogens is 3. The minimum atomic E-state index is -0.180. The van der Waals surface area contributed by atoms with Crippen LogP contribution in [0.15, 0.2) is 52.2 Å². The first-order valence-electron chi connectivity index (χ1n) is 7.18. The molecule has 0 aliphatic carbocycles. The molecule has 0 saturated carbocycles. The van der Waals surface area contributed by atoms with E-state index in [-0.39, 0.29) is 29.8 Å². The van der Waals surface area contributed by atoms with Gasteiger partial charge in [-0.1, -0.05) is 15.9 Å². The van der Waals surface area contributed by atoms with Crippen LogP contribution in [0, 0.1) is 5.82 Å². The van der Waals surface area contributed by atoms with Crippen LogP contribution in [0.5, 0.6) is 0 Å². The number of aromatic nitrogens is 1. The smallest absolute Gasteiger partial charge is 0.191 e. The summed E-state index contributed by atoms with van der Waals surface area (Å²) >= 11 is 3.36. The van der Waals surface area contributed by atoms with Crippen LogP contribution in [0.3, 0.4) is 0 Å². The Morgan fingerprint density at radius 1 is 1.22 bits per heavy atom. The van der Waals surface area contributed by atoms with E-state index in [0.29, 0.717) is 18.5 Å². The lowest BCUT2D eigenvalue weighted by Gasteiger charge is -2.12. The normalized spacial score (nSPS) is 11.0. The third kappa shape index (κ3) is 6.90. The lowest BCUT2D eigenvalue weighted by molar-refractivity contribution is 0.605. The highest BCUT2D eigenvalue weighted by Crippen LogP contribution is 2.15. The molecule has 1 heterocycles. The molecule has 0 atom stereocenters. The number of guanidine groups is 1. The van der Waals surface area contributed by atoms with Crippen LogP contribution in [-0.4, -0.2) is 30.7 Å². The predicted molar refractivity (Wildman–Crippen MR) is 107 cm³/mol. The van der Waals surface area contributed by atoms with Gasteiger partial charge < -0.3 is 15.2 Å². The van der Waals surface area contributed by atoms with Gasteiger partial charge in [0.25, 0.3) is 0 Å². The van der Waals surface area contributed by atoms with Gasteiger partial charge in [-0.25, -0.2) is 4.39 Å². The van der Waals surface area contributed by atoms with Crippen LogP contribution in [0.1, 0.15) is 5.56 Å². The maximum absolute atomic E-state index is 13.6. The van der Waals surface area contributed by atoms with Crippen molar-refractivity contribution in [2.24, 2.45) is 4.99 Å². The molecule has 7 heteroatoms. The van der Waals surface area contributed by atoms with Gasteiger partial charge in [0.2, 0.25) is 0 Å². The summed E-state index contributed by atoms with van der Waals surface area (Å²) in [5.74, 6) is 0.545. The number of aliphatic imine (C=N–C) groups is 1. The van der Waals surface area contributed by atoms with Crippen molar-refractivity contribution in [2.75, 3.05) is 20.1 Å². The molecule has 4 nitrogen and oxygen atoms in total. The van der Waals surface area contributed by atoms with Crippen molar-refractivity contribution in [2.45, 2.75) is 13.0 Å². The fourth-order valence-corrected chi connectivity index (χ4v) is 2.50. The topological polar surface area (TPSA) is 41.4 Å². The van der Waals surface area contributed by atoms with Crippen molar-refractivity contribution in [1.82, 2.24) is 15.2 Å². The standard InChI is InChI=1S/C16H20BrFN4.HI/c1-19-16(21-8-11-22-9-2-3-10-22)20-7-6-13-12-14(17)4-5-15(13)18;/h2-5,9-10,12H,6-8,11H2,1H3,(H2,19,20,21);1H. The van der Waals surface area contributed by atoms with E-state index in [9.17, 15) is 4.39 Å². The minimum absolute atomic E-state index is 0. The van der Waals surface area contributed by atoms with Crippen molar-refractivity contribution in [1.29, 1.82) is 0 Å². The van der Waals surface area contributed by atoms with Crippen LogP contribution in [0.2, 0.25) is 0 Å². The van der Waals surface area contributed by atoms with Crippen molar-refractivity contribution in [3.05, 3.63) is 58.6 Å². The Morgan fingerprint density at radius 3 is 2.61 bits per heavy atom. The van der Waals surface area contributed by atoms with Gasteiger partial charge >= 0.3 is 0 Å². The third-order valence-electron chi connectivity index (χ3n) is 3.25. The van der Waals surface area contributed by atoms with E-state index in [0.717, 1.165) is 23.5 Å².